The van der Waals surface area contributed by atoms with Gasteiger partial charge in [-0.1, -0.05) is 12.1 Å². The molecule has 9 heteroatoms. The second-order valence-corrected chi connectivity index (χ2v) is 7.35. The van der Waals surface area contributed by atoms with Gasteiger partial charge in [-0.25, -0.2) is 0 Å². The minimum absolute atomic E-state index is 0.0394. The van der Waals surface area contributed by atoms with E-state index in [1.54, 1.807) is 27.7 Å². The Morgan fingerprint density at radius 3 is 2.71 bits per heavy atom. The number of aryl methyl sites for hydroxylation is 1. The van der Waals surface area contributed by atoms with Gasteiger partial charge >= 0.3 is 0 Å². The van der Waals surface area contributed by atoms with Crippen molar-refractivity contribution in [3.05, 3.63) is 41.5 Å². The molecule has 4 rings (SSSR count). The molecule has 0 saturated carbocycles. The summed E-state index contributed by atoms with van der Waals surface area (Å²) in [6, 6.07) is 7.04. The van der Waals surface area contributed by atoms with E-state index in [0.29, 0.717) is 29.9 Å². The molecule has 1 unspecified atom stereocenters. The van der Waals surface area contributed by atoms with Crippen molar-refractivity contribution in [2.45, 2.75) is 38.9 Å². The van der Waals surface area contributed by atoms with Gasteiger partial charge in [0.15, 0.2) is 5.82 Å². The van der Waals surface area contributed by atoms with E-state index in [0.717, 1.165) is 5.82 Å². The Morgan fingerprint density at radius 1 is 1.25 bits per heavy atom. The van der Waals surface area contributed by atoms with Crippen LogP contribution in [-0.2, 0) is 23.2 Å². The average Bonchev–Trinajstić information content (AvgIpc) is 3.17. The van der Waals surface area contributed by atoms with Crippen LogP contribution in [0.25, 0.3) is 0 Å². The van der Waals surface area contributed by atoms with Crippen LogP contribution in [0.1, 0.15) is 41.8 Å². The second-order valence-electron chi connectivity index (χ2n) is 7.35. The SMILES string of the molecule is Cc1nnc(CNC(=O)CN2C(=O)c3ccccc3N3C(=O)CCC23C)n1C. The number of anilines is 1. The zero-order valence-corrected chi connectivity index (χ0v) is 16.1. The van der Waals surface area contributed by atoms with Crippen molar-refractivity contribution in [2.75, 3.05) is 11.4 Å². The van der Waals surface area contributed by atoms with Gasteiger partial charge in [-0.05, 0) is 32.4 Å². The number of rotatable bonds is 4. The normalized spacial score (nSPS) is 21.0. The standard InChI is InChI=1S/C19H22N6O3/c1-12-21-22-15(23(12)3)10-20-16(26)11-24-18(28)13-6-4-5-7-14(13)25-17(27)8-9-19(24,25)2/h4-7H,8-11H2,1-3H3,(H,20,26). The Bertz CT molecular complexity index is 984. The average molecular weight is 382 g/mol. The van der Waals surface area contributed by atoms with Crippen molar-refractivity contribution in [1.29, 1.82) is 0 Å². The molecule has 3 heterocycles. The fourth-order valence-electron chi connectivity index (χ4n) is 3.92. The molecule has 0 radical (unpaired) electrons. The molecule has 2 aliphatic heterocycles. The fourth-order valence-corrected chi connectivity index (χ4v) is 3.92. The van der Waals surface area contributed by atoms with E-state index >= 15 is 0 Å². The molecule has 1 saturated heterocycles. The molecule has 1 fully saturated rings. The lowest BCUT2D eigenvalue weighted by Gasteiger charge is -2.48. The highest BCUT2D eigenvalue weighted by atomic mass is 16.2. The maximum atomic E-state index is 13.1. The first-order valence-electron chi connectivity index (χ1n) is 9.18. The first-order chi connectivity index (χ1) is 13.3. The van der Waals surface area contributed by atoms with E-state index < -0.39 is 5.66 Å². The van der Waals surface area contributed by atoms with E-state index in [9.17, 15) is 14.4 Å². The first kappa shape index (κ1) is 18.1. The summed E-state index contributed by atoms with van der Waals surface area (Å²) in [6.07, 6.45) is 0.829. The monoisotopic (exact) mass is 382 g/mol. The van der Waals surface area contributed by atoms with Gasteiger partial charge < -0.3 is 14.8 Å². The minimum Gasteiger partial charge on any atom is -0.347 e. The zero-order chi connectivity index (χ0) is 20.1. The molecule has 3 amide bonds. The van der Waals surface area contributed by atoms with Crippen molar-refractivity contribution in [3.63, 3.8) is 0 Å². The number of benzene rings is 1. The van der Waals surface area contributed by atoms with Crippen LogP contribution in [0.5, 0.6) is 0 Å². The van der Waals surface area contributed by atoms with E-state index in [1.807, 2.05) is 27.0 Å². The van der Waals surface area contributed by atoms with Crippen molar-refractivity contribution < 1.29 is 14.4 Å². The Morgan fingerprint density at radius 2 is 2.00 bits per heavy atom. The summed E-state index contributed by atoms with van der Waals surface area (Å²) >= 11 is 0. The summed E-state index contributed by atoms with van der Waals surface area (Å²) < 4.78 is 1.79. The number of fused-ring (bicyclic) bond motifs is 3. The van der Waals surface area contributed by atoms with E-state index in [-0.39, 0.29) is 30.8 Å². The van der Waals surface area contributed by atoms with Crippen molar-refractivity contribution in [2.24, 2.45) is 7.05 Å². The third-order valence-corrected chi connectivity index (χ3v) is 5.67. The predicted molar refractivity (Wildman–Crippen MR) is 100 cm³/mol. The van der Waals surface area contributed by atoms with Crippen LogP contribution >= 0.6 is 0 Å². The fraction of sp³-hybridized carbons (Fsp3) is 0.421. The van der Waals surface area contributed by atoms with Crippen LogP contribution in [0, 0.1) is 6.92 Å². The summed E-state index contributed by atoms with van der Waals surface area (Å²) in [5.41, 5.74) is 0.206. The maximum Gasteiger partial charge on any atom is 0.258 e. The molecule has 1 aromatic heterocycles. The number of para-hydroxylation sites is 1. The van der Waals surface area contributed by atoms with Gasteiger partial charge in [0.05, 0.1) is 17.8 Å². The van der Waals surface area contributed by atoms with Crippen molar-refractivity contribution in [3.8, 4) is 0 Å². The van der Waals surface area contributed by atoms with Crippen LogP contribution in [-0.4, -0.2) is 49.6 Å². The smallest absolute Gasteiger partial charge is 0.258 e. The maximum absolute atomic E-state index is 13.1. The number of hydrogen-bond acceptors (Lipinski definition) is 5. The molecule has 0 bridgehead atoms. The Balaban J connectivity index is 1.57. The number of hydrogen-bond donors (Lipinski definition) is 1. The molecule has 28 heavy (non-hydrogen) atoms. The highest BCUT2D eigenvalue weighted by molar-refractivity contribution is 6.11. The van der Waals surface area contributed by atoms with Crippen LogP contribution in [0.3, 0.4) is 0 Å². The number of nitrogens with one attached hydrogen (secondary N) is 1. The van der Waals surface area contributed by atoms with E-state index in [2.05, 4.69) is 15.5 Å². The summed E-state index contributed by atoms with van der Waals surface area (Å²) in [5, 5.41) is 10.8. The van der Waals surface area contributed by atoms with Gasteiger partial charge in [-0.15, -0.1) is 10.2 Å². The minimum atomic E-state index is -0.846. The van der Waals surface area contributed by atoms with Crippen LogP contribution in [0.4, 0.5) is 5.69 Å². The van der Waals surface area contributed by atoms with Gasteiger partial charge in [0.1, 0.15) is 18.0 Å². The molecule has 0 aliphatic carbocycles. The number of carbonyl (C=O) groups is 3. The number of nitrogens with zero attached hydrogens (tertiary/aromatic N) is 5. The molecule has 0 spiro atoms. The van der Waals surface area contributed by atoms with Crippen molar-refractivity contribution in [1.82, 2.24) is 25.0 Å². The van der Waals surface area contributed by atoms with E-state index in [4.69, 9.17) is 0 Å². The van der Waals surface area contributed by atoms with Gasteiger partial charge in [0.25, 0.3) is 5.91 Å². The summed E-state index contributed by atoms with van der Waals surface area (Å²) in [7, 11) is 1.82. The molecule has 1 N–H and O–H groups in total. The molecule has 146 valence electrons. The molecule has 1 atom stereocenters. The third-order valence-electron chi connectivity index (χ3n) is 5.67. The van der Waals surface area contributed by atoms with Crippen molar-refractivity contribution >= 4 is 23.4 Å². The second kappa shape index (κ2) is 6.43. The number of aromatic nitrogens is 3. The molecular formula is C19H22N6O3. The lowest BCUT2D eigenvalue weighted by atomic mass is 9.98. The lowest BCUT2D eigenvalue weighted by molar-refractivity contribution is -0.124. The quantitative estimate of drug-likeness (QED) is 0.841. The third kappa shape index (κ3) is 2.65. The summed E-state index contributed by atoms with van der Waals surface area (Å²) in [6.45, 7) is 3.75. The van der Waals surface area contributed by atoms with Gasteiger partial charge in [-0.3, -0.25) is 19.3 Å². The Kier molecular flexibility index (Phi) is 4.17. The Hall–Kier alpha value is -3.23. The Labute approximate surface area is 162 Å². The molecular weight excluding hydrogens is 360 g/mol. The zero-order valence-electron chi connectivity index (χ0n) is 16.1. The highest BCUT2D eigenvalue weighted by Gasteiger charge is 2.53. The van der Waals surface area contributed by atoms with Crippen LogP contribution in [0.15, 0.2) is 24.3 Å². The molecule has 2 aromatic rings. The molecule has 2 aliphatic rings. The van der Waals surface area contributed by atoms with E-state index in [1.165, 1.54) is 4.90 Å². The van der Waals surface area contributed by atoms with Gasteiger partial charge in [0, 0.05) is 13.5 Å². The number of amides is 3. The first-order valence-corrected chi connectivity index (χ1v) is 9.18. The number of carbonyl (C=O) groups excluding carboxylic acids is 3. The summed E-state index contributed by atoms with van der Waals surface area (Å²) in [5.74, 6) is 0.787. The van der Waals surface area contributed by atoms with Gasteiger partial charge in [0.2, 0.25) is 11.8 Å². The topological polar surface area (TPSA) is 100 Å². The summed E-state index contributed by atoms with van der Waals surface area (Å²) in [4.78, 5) is 41.4. The largest absolute Gasteiger partial charge is 0.347 e. The highest BCUT2D eigenvalue weighted by Crippen LogP contribution is 2.43. The lowest BCUT2D eigenvalue weighted by Crippen LogP contribution is -2.63. The van der Waals surface area contributed by atoms with Crippen LogP contribution < -0.4 is 10.2 Å². The molecule has 1 aromatic carbocycles. The molecule has 9 nitrogen and oxygen atoms in total. The van der Waals surface area contributed by atoms with Gasteiger partial charge in [-0.2, -0.15) is 0 Å². The predicted octanol–water partition coefficient (Wildman–Crippen LogP) is 0.739. The van der Waals surface area contributed by atoms with Crippen LogP contribution in [0.2, 0.25) is 0 Å².